The van der Waals surface area contributed by atoms with Crippen LogP contribution in [0.15, 0.2) is 24.4 Å². The summed E-state index contributed by atoms with van der Waals surface area (Å²) in [6.45, 7) is 9.66. The van der Waals surface area contributed by atoms with E-state index in [9.17, 15) is 4.79 Å². The van der Waals surface area contributed by atoms with Crippen molar-refractivity contribution >= 4 is 16.9 Å². The molecule has 1 heterocycles. The van der Waals surface area contributed by atoms with Gasteiger partial charge in [-0.1, -0.05) is 0 Å². The molecule has 0 N–H and O–H groups in total. The Balaban J connectivity index is 2.36. The van der Waals surface area contributed by atoms with Crippen LogP contribution in [0.1, 0.15) is 40.7 Å². The summed E-state index contributed by atoms with van der Waals surface area (Å²) in [6, 6.07) is 5.86. The van der Waals surface area contributed by atoms with Crippen molar-refractivity contribution in [1.82, 2.24) is 9.78 Å². The summed E-state index contributed by atoms with van der Waals surface area (Å²) >= 11 is 0. The van der Waals surface area contributed by atoms with Crippen molar-refractivity contribution in [3.05, 3.63) is 24.4 Å². The summed E-state index contributed by atoms with van der Waals surface area (Å²) in [5.74, 6) is 0.331. The van der Waals surface area contributed by atoms with Crippen molar-refractivity contribution in [3.8, 4) is 5.75 Å². The molecule has 19 heavy (non-hydrogen) atoms. The Labute approximate surface area is 113 Å². The third kappa shape index (κ3) is 2.78. The van der Waals surface area contributed by atoms with Crippen LogP contribution in [0.5, 0.6) is 5.75 Å². The molecule has 102 valence electrons. The van der Waals surface area contributed by atoms with Crippen molar-refractivity contribution in [1.29, 1.82) is 0 Å². The van der Waals surface area contributed by atoms with Crippen LogP contribution >= 0.6 is 0 Å². The van der Waals surface area contributed by atoms with E-state index < -0.39 is 5.41 Å². The van der Waals surface area contributed by atoms with E-state index in [1.54, 1.807) is 6.07 Å². The van der Waals surface area contributed by atoms with Crippen molar-refractivity contribution < 1.29 is 9.53 Å². The van der Waals surface area contributed by atoms with Crippen LogP contribution in [-0.2, 0) is 4.79 Å². The molecule has 2 aromatic rings. The zero-order valence-corrected chi connectivity index (χ0v) is 12.1. The number of nitrogens with zero attached hydrogens (tertiary/aromatic N) is 2. The van der Waals surface area contributed by atoms with Crippen LogP contribution in [0.25, 0.3) is 10.9 Å². The van der Waals surface area contributed by atoms with Crippen LogP contribution in [0.4, 0.5) is 0 Å². The molecule has 2 rings (SSSR count). The lowest BCUT2D eigenvalue weighted by Crippen LogP contribution is -2.25. The number of carbonyl (C=O) groups is 1. The molecule has 4 heteroatoms. The van der Waals surface area contributed by atoms with E-state index in [2.05, 4.69) is 18.9 Å². The predicted molar refractivity (Wildman–Crippen MR) is 75.2 cm³/mol. The largest absolute Gasteiger partial charge is 0.426 e. The van der Waals surface area contributed by atoms with Gasteiger partial charge in [0.15, 0.2) is 0 Å². The molecule has 0 radical (unpaired) electrons. The van der Waals surface area contributed by atoms with Crippen molar-refractivity contribution in [2.45, 2.75) is 40.7 Å². The second-order valence-electron chi connectivity index (χ2n) is 6.04. The summed E-state index contributed by atoms with van der Waals surface area (Å²) < 4.78 is 7.33. The van der Waals surface area contributed by atoms with Gasteiger partial charge in [0, 0.05) is 17.5 Å². The number of esters is 1. The number of ether oxygens (including phenoxy) is 1. The molecule has 0 aliphatic heterocycles. The lowest BCUT2D eigenvalue weighted by atomic mass is 9.97. The van der Waals surface area contributed by atoms with E-state index in [-0.39, 0.29) is 12.0 Å². The molecular formula is C15H20N2O2. The van der Waals surface area contributed by atoms with Crippen LogP contribution in [0.2, 0.25) is 0 Å². The van der Waals surface area contributed by atoms with Crippen molar-refractivity contribution in [2.24, 2.45) is 5.41 Å². The first-order chi connectivity index (χ1) is 8.79. The van der Waals surface area contributed by atoms with Crippen molar-refractivity contribution in [2.75, 3.05) is 0 Å². The van der Waals surface area contributed by atoms with Gasteiger partial charge in [-0.25, -0.2) is 0 Å². The minimum absolute atomic E-state index is 0.234. The third-order valence-electron chi connectivity index (χ3n) is 2.88. The molecule has 0 fully saturated rings. The summed E-state index contributed by atoms with van der Waals surface area (Å²) in [5.41, 5.74) is 0.474. The number of hydrogen-bond acceptors (Lipinski definition) is 3. The zero-order valence-electron chi connectivity index (χ0n) is 12.1. The van der Waals surface area contributed by atoms with Crippen LogP contribution in [0.3, 0.4) is 0 Å². The molecular weight excluding hydrogens is 240 g/mol. The second-order valence-corrected chi connectivity index (χ2v) is 6.04. The average Bonchev–Trinajstić information content (AvgIpc) is 2.70. The van der Waals surface area contributed by atoms with Gasteiger partial charge in [0.25, 0.3) is 0 Å². The molecule has 0 atom stereocenters. The Morgan fingerprint density at radius 2 is 2.00 bits per heavy atom. The minimum atomic E-state index is -0.507. The molecule has 4 nitrogen and oxygen atoms in total. The lowest BCUT2D eigenvalue weighted by Gasteiger charge is -2.16. The Kier molecular flexibility index (Phi) is 3.35. The van der Waals surface area contributed by atoms with Gasteiger partial charge in [0.05, 0.1) is 17.1 Å². The highest BCUT2D eigenvalue weighted by molar-refractivity contribution is 5.83. The van der Waals surface area contributed by atoms with Gasteiger partial charge in [0.1, 0.15) is 5.75 Å². The highest BCUT2D eigenvalue weighted by Crippen LogP contribution is 2.25. The number of rotatable bonds is 2. The molecule has 0 aliphatic carbocycles. The topological polar surface area (TPSA) is 44.1 Å². The molecule has 0 spiro atoms. The van der Waals surface area contributed by atoms with Crippen molar-refractivity contribution in [3.63, 3.8) is 0 Å². The van der Waals surface area contributed by atoms with Crippen LogP contribution < -0.4 is 4.74 Å². The molecule has 0 saturated carbocycles. The van der Waals surface area contributed by atoms with Gasteiger partial charge < -0.3 is 4.74 Å². The second kappa shape index (κ2) is 4.68. The number of carbonyl (C=O) groups excluding carboxylic acids is 1. The zero-order chi connectivity index (χ0) is 14.2. The Hall–Kier alpha value is -1.84. The monoisotopic (exact) mass is 260 g/mol. The molecule has 0 amide bonds. The first kappa shape index (κ1) is 13.6. The minimum Gasteiger partial charge on any atom is -0.426 e. The summed E-state index contributed by atoms with van der Waals surface area (Å²) in [7, 11) is 0. The Morgan fingerprint density at radius 1 is 1.32 bits per heavy atom. The standard InChI is InChI=1S/C15H20N2O2/c1-10(2)17-13-8-12(7-6-11(13)9-16-17)19-14(18)15(3,4)5/h6-10H,1-5H3. The maximum absolute atomic E-state index is 11.9. The molecule has 1 aromatic carbocycles. The number of aromatic nitrogens is 2. The number of fused-ring (bicyclic) bond motifs is 1. The van der Waals surface area contributed by atoms with E-state index in [0.717, 1.165) is 10.9 Å². The van der Waals surface area contributed by atoms with Crippen LogP contribution in [-0.4, -0.2) is 15.7 Å². The summed E-state index contributed by atoms with van der Waals surface area (Å²) in [4.78, 5) is 11.9. The fourth-order valence-corrected chi connectivity index (χ4v) is 1.75. The van der Waals surface area contributed by atoms with Gasteiger partial charge in [-0.05, 0) is 46.8 Å². The third-order valence-corrected chi connectivity index (χ3v) is 2.88. The highest BCUT2D eigenvalue weighted by Gasteiger charge is 2.23. The smallest absolute Gasteiger partial charge is 0.316 e. The predicted octanol–water partition coefficient (Wildman–Crippen LogP) is 3.57. The summed E-state index contributed by atoms with van der Waals surface area (Å²) in [5, 5.41) is 5.39. The number of hydrogen-bond donors (Lipinski definition) is 0. The fourth-order valence-electron chi connectivity index (χ4n) is 1.75. The van der Waals surface area contributed by atoms with Gasteiger partial charge in [0.2, 0.25) is 0 Å². The van der Waals surface area contributed by atoms with E-state index >= 15 is 0 Å². The number of benzene rings is 1. The molecule has 0 bridgehead atoms. The fraction of sp³-hybridized carbons (Fsp3) is 0.467. The lowest BCUT2D eigenvalue weighted by molar-refractivity contribution is -0.142. The van der Waals surface area contributed by atoms with Gasteiger partial charge >= 0.3 is 5.97 Å². The molecule has 0 aliphatic rings. The maximum atomic E-state index is 11.9. The summed E-state index contributed by atoms with van der Waals surface area (Å²) in [6.07, 6.45) is 1.82. The SMILES string of the molecule is CC(C)n1ncc2ccc(OC(=O)C(C)(C)C)cc21. The maximum Gasteiger partial charge on any atom is 0.316 e. The molecule has 1 aromatic heterocycles. The molecule has 0 unspecified atom stereocenters. The van der Waals surface area contributed by atoms with E-state index in [1.165, 1.54) is 0 Å². The van der Waals surface area contributed by atoms with E-state index in [1.807, 2.05) is 43.8 Å². The normalized spacial score (nSPS) is 12.1. The van der Waals surface area contributed by atoms with Gasteiger partial charge in [-0.15, -0.1) is 0 Å². The molecule has 0 saturated heterocycles. The first-order valence-corrected chi connectivity index (χ1v) is 6.48. The van der Waals surface area contributed by atoms with Crippen LogP contribution in [0, 0.1) is 5.41 Å². The van der Waals surface area contributed by atoms with E-state index in [0.29, 0.717) is 5.75 Å². The van der Waals surface area contributed by atoms with E-state index in [4.69, 9.17) is 4.74 Å². The highest BCUT2D eigenvalue weighted by atomic mass is 16.5. The van der Waals surface area contributed by atoms with Gasteiger partial charge in [-0.2, -0.15) is 5.10 Å². The van der Waals surface area contributed by atoms with Gasteiger partial charge in [-0.3, -0.25) is 9.48 Å². The average molecular weight is 260 g/mol. The Bertz CT molecular complexity index is 606. The first-order valence-electron chi connectivity index (χ1n) is 6.48. The quantitative estimate of drug-likeness (QED) is 0.612. The Morgan fingerprint density at radius 3 is 2.58 bits per heavy atom.